The molecule has 0 fully saturated rings. The molecule has 0 bridgehead atoms. The minimum absolute atomic E-state index is 0.0127. The Morgan fingerprint density at radius 2 is 2.17 bits per heavy atom. The molecule has 0 aliphatic rings. The molecule has 2 rings (SSSR count). The number of halogens is 1. The lowest BCUT2D eigenvalue weighted by atomic mass is 10.3. The molecule has 0 spiro atoms. The summed E-state index contributed by atoms with van der Waals surface area (Å²) in [6.45, 7) is 0. The van der Waals surface area contributed by atoms with Crippen LogP contribution in [-0.4, -0.2) is 9.97 Å². The molecule has 0 saturated heterocycles. The predicted molar refractivity (Wildman–Crippen MR) is 53.0 cm³/mol. The SMILES string of the molecule is [2H]c1nc(-c2c([2H])c([2H])nc([2H])c2[2H])sc1Br. The van der Waals surface area contributed by atoms with E-state index in [0.29, 0.717) is 3.79 Å². The molecule has 0 amide bonds. The smallest absolute Gasteiger partial charge is 0.124 e. The second-order valence-corrected chi connectivity index (χ2v) is 4.18. The molecule has 0 atom stereocenters. The van der Waals surface area contributed by atoms with Crippen LogP contribution in [0.1, 0.15) is 6.85 Å². The van der Waals surface area contributed by atoms with Gasteiger partial charge in [0.1, 0.15) is 5.01 Å². The number of aromatic nitrogens is 2. The van der Waals surface area contributed by atoms with E-state index in [0.717, 1.165) is 11.3 Å². The van der Waals surface area contributed by atoms with Crippen molar-refractivity contribution in [2.75, 3.05) is 0 Å². The molecule has 4 heteroatoms. The van der Waals surface area contributed by atoms with Gasteiger partial charge >= 0.3 is 0 Å². The maximum Gasteiger partial charge on any atom is 0.124 e. The second kappa shape index (κ2) is 3.33. The zero-order chi connectivity index (χ0) is 12.7. The van der Waals surface area contributed by atoms with Crippen LogP contribution in [0.4, 0.5) is 0 Å². The van der Waals surface area contributed by atoms with E-state index >= 15 is 0 Å². The molecule has 0 unspecified atom stereocenters. The molecular formula is C8H5BrN2S. The van der Waals surface area contributed by atoms with E-state index in [4.69, 9.17) is 6.85 Å². The number of rotatable bonds is 1. The van der Waals surface area contributed by atoms with Gasteiger partial charge in [0.2, 0.25) is 0 Å². The molecule has 0 radical (unpaired) electrons. The highest BCUT2D eigenvalue weighted by Gasteiger charge is 2.00. The van der Waals surface area contributed by atoms with Crippen LogP contribution in [0.25, 0.3) is 10.6 Å². The Balaban J connectivity index is 2.74. The number of thiazole rings is 1. The Kier molecular flexibility index (Phi) is 1.10. The van der Waals surface area contributed by atoms with Crippen molar-refractivity contribution in [3.63, 3.8) is 0 Å². The quantitative estimate of drug-likeness (QED) is 0.773. The Bertz CT molecular complexity index is 554. The van der Waals surface area contributed by atoms with Crippen LogP contribution in [0.2, 0.25) is 0 Å². The highest BCUT2D eigenvalue weighted by atomic mass is 79.9. The van der Waals surface area contributed by atoms with Crippen LogP contribution in [0.15, 0.2) is 34.4 Å². The van der Waals surface area contributed by atoms with Crippen LogP contribution in [0, 0.1) is 0 Å². The molecule has 0 saturated carbocycles. The summed E-state index contributed by atoms with van der Waals surface area (Å²) < 4.78 is 38.2. The largest absolute Gasteiger partial charge is 0.265 e. The Hall–Kier alpha value is -0.740. The van der Waals surface area contributed by atoms with Crippen molar-refractivity contribution in [2.24, 2.45) is 0 Å². The summed E-state index contributed by atoms with van der Waals surface area (Å²) in [5, 5.41) is 0.279. The van der Waals surface area contributed by atoms with Crippen molar-refractivity contribution in [3.05, 3.63) is 34.4 Å². The molecule has 0 N–H and O–H groups in total. The average Bonchev–Trinajstić information content (AvgIpc) is 2.57. The molecule has 2 heterocycles. The molecule has 0 aliphatic carbocycles. The van der Waals surface area contributed by atoms with Gasteiger partial charge in [0, 0.05) is 17.9 Å². The highest BCUT2D eigenvalue weighted by molar-refractivity contribution is 9.11. The highest BCUT2D eigenvalue weighted by Crippen LogP contribution is 2.27. The van der Waals surface area contributed by atoms with Gasteiger partial charge in [-0.25, -0.2) is 4.98 Å². The van der Waals surface area contributed by atoms with Gasteiger partial charge in [-0.2, -0.15) is 0 Å². The van der Waals surface area contributed by atoms with E-state index in [9.17, 15) is 0 Å². The number of hydrogen-bond donors (Lipinski definition) is 0. The van der Waals surface area contributed by atoms with E-state index in [1.807, 2.05) is 0 Å². The molecule has 0 aromatic carbocycles. The monoisotopic (exact) mass is 245 g/mol. The summed E-state index contributed by atoms with van der Waals surface area (Å²) in [5.41, 5.74) is 0.0826. The lowest BCUT2D eigenvalue weighted by molar-refractivity contribution is 1.32. The fraction of sp³-hybridized carbons (Fsp3) is 0. The predicted octanol–water partition coefficient (Wildman–Crippen LogP) is 2.97. The minimum atomic E-state index is -0.362. The van der Waals surface area contributed by atoms with E-state index in [1.165, 1.54) is 0 Å². The van der Waals surface area contributed by atoms with Gasteiger partial charge in [0.25, 0.3) is 0 Å². The van der Waals surface area contributed by atoms with Crippen molar-refractivity contribution >= 4 is 27.3 Å². The third-order valence-electron chi connectivity index (χ3n) is 1.12. The van der Waals surface area contributed by atoms with Gasteiger partial charge in [-0.05, 0) is 28.0 Å². The average molecular weight is 246 g/mol. The van der Waals surface area contributed by atoms with E-state index in [-0.39, 0.29) is 41.2 Å². The van der Waals surface area contributed by atoms with Crippen LogP contribution >= 0.6 is 27.3 Å². The fourth-order valence-corrected chi connectivity index (χ4v) is 1.77. The minimum Gasteiger partial charge on any atom is -0.265 e. The topological polar surface area (TPSA) is 25.8 Å². The second-order valence-electron chi connectivity index (χ2n) is 1.86. The Morgan fingerprint density at radius 1 is 1.42 bits per heavy atom. The Labute approximate surface area is 89.5 Å². The maximum absolute atomic E-state index is 7.69. The zero-order valence-corrected chi connectivity index (χ0v) is 8.08. The molecule has 60 valence electrons. The summed E-state index contributed by atoms with van der Waals surface area (Å²) in [5.74, 6) is 0. The third kappa shape index (κ3) is 1.54. The number of hydrogen-bond acceptors (Lipinski definition) is 3. The van der Waals surface area contributed by atoms with Gasteiger partial charge < -0.3 is 0 Å². The first-order chi connectivity index (χ1) is 7.91. The van der Waals surface area contributed by atoms with Crippen LogP contribution < -0.4 is 0 Å². The first-order valence-electron chi connectivity index (χ1n) is 5.49. The van der Waals surface area contributed by atoms with Gasteiger partial charge in [-0.15, -0.1) is 11.3 Å². The fourth-order valence-electron chi connectivity index (χ4n) is 0.666. The Morgan fingerprint density at radius 3 is 2.75 bits per heavy atom. The maximum atomic E-state index is 7.69. The molecule has 2 aromatic heterocycles. The summed E-state index contributed by atoms with van der Waals surface area (Å²) in [6.07, 6.45) is -0.712. The van der Waals surface area contributed by atoms with E-state index < -0.39 is 0 Å². The van der Waals surface area contributed by atoms with E-state index in [1.54, 1.807) is 0 Å². The molecule has 2 aromatic rings. The number of nitrogens with zero attached hydrogens (tertiary/aromatic N) is 2. The first-order valence-corrected chi connectivity index (χ1v) is 4.60. The van der Waals surface area contributed by atoms with Crippen LogP contribution in [0.5, 0.6) is 0 Å². The van der Waals surface area contributed by atoms with Crippen molar-refractivity contribution in [1.82, 2.24) is 9.97 Å². The van der Waals surface area contributed by atoms with Gasteiger partial charge in [-0.3, -0.25) is 4.98 Å². The van der Waals surface area contributed by atoms with Gasteiger partial charge in [0.15, 0.2) is 0 Å². The van der Waals surface area contributed by atoms with E-state index in [2.05, 4.69) is 25.9 Å². The summed E-state index contributed by atoms with van der Waals surface area (Å²) in [7, 11) is 0. The number of pyridine rings is 1. The first kappa shape index (κ1) is 3.98. The van der Waals surface area contributed by atoms with Gasteiger partial charge in [-0.1, -0.05) is 0 Å². The van der Waals surface area contributed by atoms with Crippen molar-refractivity contribution in [1.29, 1.82) is 0 Å². The molecule has 2 nitrogen and oxygen atoms in total. The summed E-state index contributed by atoms with van der Waals surface area (Å²) in [4.78, 5) is 7.35. The van der Waals surface area contributed by atoms with Gasteiger partial charge in [0.05, 0.1) is 16.8 Å². The van der Waals surface area contributed by atoms with Crippen molar-refractivity contribution in [3.8, 4) is 10.6 Å². The van der Waals surface area contributed by atoms with Crippen molar-refractivity contribution in [2.45, 2.75) is 0 Å². The van der Waals surface area contributed by atoms with Crippen molar-refractivity contribution < 1.29 is 6.85 Å². The molecule has 0 aliphatic heterocycles. The lowest BCUT2D eigenvalue weighted by Crippen LogP contribution is -1.74. The van der Waals surface area contributed by atoms with Crippen LogP contribution in [0.3, 0.4) is 0 Å². The standard InChI is InChI=1S/C8H5BrN2S/c9-7-5-11-8(12-7)6-1-3-10-4-2-6/h1-5H/i1D,2D,3D,4D,5D. The molecule has 12 heavy (non-hydrogen) atoms. The summed E-state index contributed by atoms with van der Waals surface area (Å²) >= 11 is 4.23. The van der Waals surface area contributed by atoms with Crippen LogP contribution in [-0.2, 0) is 0 Å². The normalized spacial score (nSPS) is 15.9. The third-order valence-corrected chi connectivity index (χ3v) is 2.54. The lowest BCUT2D eigenvalue weighted by Gasteiger charge is -1.91. The summed E-state index contributed by atoms with van der Waals surface area (Å²) in [6, 6.07) is -0.487. The molecular weight excluding hydrogens is 236 g/mol. The zero-order valence-electron chi connectivity index (χ0n) is 10.7.